The molecular formula is C24H25N7O. The molecule has 32 heavy (non-hydrogen) atoms. The third-order valence-electron chi connectivity index (χ3n) is 5.75. The van der Waals surface area contributed by atoms with Gasteiger partial charge in [0, 0.05) is 24.5 Å². The van der Waals surface area contributed by atoms with Crippen LogP contribution in [0.1, 0.15) is 28.3 Å². The van der Waals surface area contributed by atoms with Gasteiger partial charge in [0.05, 0.1) is 23.5 Å². The topological polar surface area (TPSA) is 93.2 Å². The number of aliphatic hydroxyl groups excluding tert-OH is 1. The number of nitrogens with one attached hydrogen (secondary N) is 1. The van der Waals surface area contributed by atoms with Crippen LogP contribution in [0.5, 0.6) is 0 Å². The maximum Gasteiger partial charge on any atom is 0.227 e. The number of nitrogens with zero attached hydrogens (tertiary/aromatic N) is 6. The molecule has 0 bridgehead atoms. The van der Waals surface area contributed by atoms with E-state index in [1.807, 2.05) is 56.8 Å². The van der Waals surface area contributed by atoms with Crippen molar-refractivity contribution in [3.63, 3.8) is 0 Å². The molecule has 5 rings (SSSR count). The van der Waals surface area contributed by atoms with Gasteiger partial charge in [0.25, 0.3) is 0 Å². The van der Waals surface area contributed by atoms with E-state index >= 15 is 0 Å². The molecule has 0 amide bonds. The van der Waals surface area contributed by atoms with E-state index in [1.165, 1.54) is 0 Å². The number of aryl methyl sites for hydroxylation is 4. The van der Waals surface area contributed by atoms with E-state index < -0.39 is 0 Å². The number of aliphatic hydroxyl groups is 1. The van der Waals surface area contributed by atoms with Gasteiger partial charge in [-0.25, -0.2) is 4.98 Å². The lowest BCUT2D eigenvalue weighted by atomic mass is 10.0. The Bertz CT molecular complexity index is 1450. The molecule has 0 atom stereocenters. The Morgan fingerprint density at radius 1 is 0.906 bits per heavy atom. The van der Waals surface area contributed by atoms with Crippen LogP contribution in [0, 0.1) is 20.8 Å². The average molecular weight is 428 g/mol. The predicted molar refractivity (Wildman–Crippen MR) is 124 cm³/mol. The molecule has 0 aliphatic rings. The monoisotopic (exact) mass is 427 g/mol. The summed E-state index contributed by atoms with van der Waals surface area (Å²) in [5.41, 5.74) is 7.80. The third kappa shape index (κ3) is 3.38. The smallest absolute Gasteiger partial charge is 0.227 e. The summed E-state index contributed by atoms with van der Waals surface area (Å²) < 4.78 is 3.68. The van der Waals surface area contributed by atoms with Crippen LogP contribution in [0.3, 0.4) is 0 Å². The fraction of sp³-hybridized carbons (Fsp3) is 0.250. The number of benzene rings is 2. The van der Waals surface area contributed by atoms with Crippen LogP contribution < -0.4 is 5.32 Å². The van der Waals surface area contributed by atoms with Crippen molar-refractivity contribution in [2.45, 2.75) is 33.9 Å². The number of aromatic nitrogens is 6. The summed E-state index contributed by atoms with van der Waals surface area (Å²) in [6.07, 6.45) is 0. The minimum absolute atomic E-state index is 0.0408. The summed E-state index contributed by atoms with van der Waals surface area (Å²) in [4.78, 5) is 9.31. The number of anilines is 1. The van der Waals surface area contributed by atoms with Crippen LogP contribution in [0.25, 0.3) is 27.7 Å². The average Bonchev–Trinajstić information content (AvgIpc) is 3.27. The van der Waals surface area contributed by atoms with E-state index in [0.29, 0.717) is 18.3 Å². The first-order valence-electron chi connectivity index (χ1n) is 10.5. The number of rotatable bonds is 5. The van der Waals surface area contributed by atoms with Crippen LogP contribution >= 0.6 is 0 Å². The van der Waals surface area contributed by atoms with Crippen molar-refractivity contribution in [2.75, 3.05) is 5.32 Å². The Hall–Kier alpha value is -3.78. The van der Waals surface area contributed by atoms with Crippen molar-refractivity contribution in [2.24, 2.45) is 7.05 Å². The highest BCUT2D eigenvalue weighted by Gasteiger charge is 2.18. The quantitative estimate of drug-likeness (QED) is 0.444. The summed E-state index contributed by atoms with van der Waals surface area (Å²) in [5, 5.41) is 23.0. The predicted octanol–water partition coefficient (Wildman–Crippen LogP) is 3.71. The van der Waals surface area contributed by atoms with E-state index in [0.717, 1.165) is 50.2 Å². The molecule has 0 spiro atoms. The van der Waals surface area contributed by atoms with E-state index in [2.05, 4.69) is 33.6 Å². The van der Waals surface area contributed by atoms with E-state index in [9.17, 15) is 5.11 Å². The zero-order valence-corrected chi connectivity index (χ0v) is 18.6. The second-order valence-corrected chi connectivity index (χ2v) is 8.06. The number of hydrogen-bond donors (Lipinski definition) is 2. The molecule has 3 heterocycles. The molecule has 5 aromatic rings. The Labute approximate surface area is 185 Å². The lowest BCUT2D eigenvalue weighted by Crippen LogP contribution is -2.10. The Morgan fingerprint density at radius 2 is 1.66 bits per heavy atom. The van der Waals surface area contributed by atoms with Crippen molar-refractivity contribution < 1.29 is 5.11 Å². The van der Waals surface area contributed by atoms with Gasteiger partial charge in [0.2, 0.25) is 5.95 Å². The first-order chi connectivity index (χ1) is 15.4. The third-order valence-corrected chi connectivity index (χ3v) is 5.75. The maximum absolute atomic E-state index is 9.23. The number of fused-ring (bicyclic) bond motifs is 2. The molecule has 162 valence electrons. The van der Waals surface area contributed by atoms with Crippen molar-refractivity contribution in [1.82, 2.24) is 29.4 Å². The summed E-state index contributed by atoms with van der Waals surface area (Å²) >= 11 is 0. The Balaban J connectivity index is 1.56. The molecule has 2 aromatic carbocycles. The molecule has 0 aliphatic heterocycles. The standard InChI is InChI=1S/C24H25N7O/c1-14-20-11-19(9-10-21(20)30(4)28-14)22-15(2)29-31-23(22)26-16(3)27-24(31)25-12-17-5-7-18(13-32)8-6-17/h5-11,32H,12-13H2,1-4H3,(H,25,26,27). The van der Waals surface area contributed by atoms with Crippen LogP contribution in [0.15, 0.2) is 42.5 Å². The normalized spacial score (nSPS) is 11.5. The Morgan fingerprint density at radius 3 is 2.41 bits per heavy atom. The molecule has 0 fully saturated rings. The van der Waals surface area contributed by atoms with Crippen LogP contribution in [-0.4, -0.2) is 34.5 Å². The van der Waals surface area contributed by atoms with Crippen LogP contribution in [0.2, 0.25) is 0 Å². The fourth-order valence-corrected chi connectivity index (χ4v) is 4.14. The molecule has 0 radical (unpaired) electrons. The Kier molecular flexibility index (Phi) is 4.86. The molecule has 8 heteroatoms. The van der Waals surface area contributed by atoms with Gasteiger partial charge in [-0.3, -0.25) is 4.68 Å². The van der Waals surface area contributed by atoms with Gasteiger partial charge in [0.1, 0.15) is 5.82 Å². The van der Waals surface area contributed by atoms with E-state index in [4.69, 9.17) is 10.1 Å². The van der Waals surface area contributed by atoms with E-state index in [-0.39, 0.29) is 6.61 Å². The lowest BCUT2D eigenvalue weighted by Gasteiger charge is -2.09. The van der Waals surface area contributed by atoms with Gasteiger partial charge in [-0.05, 0) is 49.6 Å². The zero-order chi connectivity index (χ0) is 22.4. The van der Waals surface area contributed by atoms with Gasteiger partial charge in [-0.2, -0.15) is 19.7 Å². The van der Waals surface area contributed by atoms with Crippen molar-refractivity contribution in [3.8, 4) is 11.1 Å². The molecule has 0 saturated heterocycles. The van der Waals surface area contributed by atoms with Gasteiger partial charge in [-0.1, -0.05) is 30.3 Å². The van der Waals surface area contributed by atoms with Gasteiger partial charge >= 0.3 is 0 Å². The summed E-state index contributed by atoms with van der Waals surface area (Å²) in [6.45, 7) is 6.54. The molecule has 0 aliphatic carbocycles. The SMILES string of the molecule is Cc1nc(NCc2ccc(CO)cc2)n2nc(C)c(-c3ccc4c(c3)c(C)nn4C)c2n1. The molecule has 3 aromatic heterocycles. The second-order valence-electron chi connectivity index (χ2n) is 8.06. The lowest BCUT2D eigenvalue weighted by molar-refractivity contribution is 0.282. The van der Waals surface area contributed by atoms with Gasteiger partial charge in [0.15, 0.2) is 5.65 Å². The first-order valence-corrected chi connectivity index (χ1v) is 10.5. The zero-order valence-electron chi connectivity index (χ0n) is 18.6. The summed E-state index contributed by atoms with van der Waals surface area (Å²) in [7, 11) is 1.96. The fourth-order valence-electron chi connectivity index (χ4n) is 4.14. The molecule has 8 nitrogen and oxygen atoms in total. The molecule has 0 saturated carbocycles. The van der Waals surface area contributed by atoms with Gasteiger partial charge < -0.3 is 10.4 Å². The largest absolute Gasteiger partial charge is 0.392 e. The van der Waals surface area contributed by atoms with Crippen LogP contribution in [-0.2, 0) is 20.2 Å². The summed E-state index contributed by atoms with van der Waals surface area (Å²) in [6, 6.07) is 14.2. The van der Waals surface area contributed by atoms with Gasteiger partial charge in [-0.15, -0.1) is 0 Å². The summed E-state index contributed by atoms with van der Waals surface area (Å²) in [5.74, 6) is 1.32. The second kappa shape index (κ2) is 7.72. The van der Waals surface area contributed by atoms with Crippen molar-refractivity contribution in [1.29, 1.82) is 0 Å². The highest BCUT2D eigenvalue weighted by molar-refractivity contribution is 5.90. The van der Waals surface area contributed by atoms with Crippen LogP contribution in [0.4, 0.5) is 5.95 Å². The highest BCUT2D eigenvalue weighted by Crippen LogP contribution is 2.31. The molecule has 0 unspecified atom stereocenters. The minimum Gasteiger partial charge on any atom is -0.392 e. The first kappa shape index (κ1) is 20.1. The minimum atomic E-state index is 0.0408. The van der Waals surface area contributed by atoms with E-state index in [1.54, 1.807) is 4.52 Å². The van der Waals surface area contributed by atoms with Crippen molar-refractivity contribution >= 4 is 22.5 Å². The number of hydrogen-bond acceptors (Lipinski definition) is 6. The maximum atomic E-state index is 9.23. The highest BCUT2D eigenvalue weighted by atomic mass is 16.3. The van der Waals surface area contributed by atoms with Crippen molar-refractivity contribution in [3.05, 3.63) is 70.8 Å². The molecule has 2 N–H and O–H groups in total. The molecular weight excluding hydrogens is 402 g/mol.